The van der Waals surface area contributed by atoms with E-state index in [4.69, 9.17) is 11.6 Å². The van der Waals surface area contributed by atoms with E-state index >= 15 is 0 Å². The molecular formula is C18H19ClN4O3. The van der Waals surface area contributed by atoms with Gasteiger partial charge in [0.15, 0.2) is 0 Å². The summed E-state index contributed by atoms with van der Waals surface area (Å²) in [6.07, 6.45) is 2.48. The molecule has 1 aromatic heterocycles. The average molecular weight is 375 g/mol. The highest BCUT2D eigenvalue weighted by Crippen LogP contribution is 2.25. The molecule has 0 radical (unpaired) electrons. The fourth-order valence-corrected chi connectivity index (χ4v) is 3.24. The molecule has 1 fully saturated rings. The number of halogens is 1. The van der Waals surface area contributed by atoms with Crippen molar-refractivity contribution in [2.45, 2.75) is 12.8 Å². The van der Waals surface area contributed by atoms with E-state index in [1.165, 1.54) is 17.8 Å². The van der Waals surface area contributed by atoms with Crippen LogP contribution in [0.4, 0.5) is 11.5 Å². The van der Waals surface area contributed by atoms with Gasteiger partial charge >= 0.3 is 0 Å². The predicted octanol–water partition coefficient (Wildman–Crippen LogP) is 3.15. The molecule has 1 saturated heterocycles. The van der Waals surface area contributed by atoms with Crippen LogP contribution >= 0.6 is 11.6 Å². The Kier molecular flexibility index (Phi) is 5.68. The summed E-state index contributed by atoms with van der Waals surface area (Å²) in [4.78, 5) is 28.2. The number of carbonyl (C=O) groups excluding carboxylic acids is 1. The summed E-state index contributed by atoms with van der Waals surface area (Å²) >= 11 is 6.03. The molecule has 0 saturated carbocycles. The van der Waals surface area contributed by atoms with Gasteiger partial charge in [-0.1, -0.05) is 41.9 Å². The Morgan fingerprint density at radius 2 is 2.12 bits per heavy atom. The molecule has 0 aliphatic carbocycles. The van der Waals surface area contributed by atoms with Crippen LogP contribution in [0, 0.1) is 16.0 Å². The number of hydrogen-bond acceptors (Lipinski definition) is 5. The van der Waals surface area contributed by atoms with Gasteiger partial charge in [0.2, 0.25) is 5.91 Å². The molecule has 0 spiro atoms. The Morgan fingerprint density at radius 3 is 2.81 bits per heavy atom. The van der Waals surface area contributed by atoms with E-state index in [9.17, 15) is 14.9 Å². The van der Waals surface area contributed by atoms with E-state index < -0.39 is 4.92 Å². The SMILES string of the molecule is O=C1CC(CNc2ncc([N+](=O)[O-])cc2Cl)CN1CCc1ccccc1. The van der Waals surface area contributed by atoms with E-state index in [1.807, 2.05) is 23.1 Å². The van der Waals surface area contributed by atoms with E-state index in [2.05, 4.69) is 22.4 Å². The van der Waals surface area contributed by atoms with Crippen molar-refractivity contribution in [2.24, 2.45) is 5.92 Å². The maximum atomic E-state index is 12.2. The molecule has 1 aliphatic heterocycles. The number of nitrogens with zero attached hydrogens (tertiary/aromatic N) is 3. The number of amides is 1. The van der Waals surface area contributed by atoms with Gasteiger partial charge in [-0.05, 0) is 12.0 Å². The molecule has 1 amide bonds. The van der Waals surface area contributed by atoms with Crippen molar-refractivity contribution in [3.8, 4) is 0 Å². The molecule has 136 valence electrons. The Morgan fingerprint density at radius 1 is 1.35 bits per heavy atom. The Bertz CT molecular complexity index is 800. The van der Waals surface area contributed by atoms with Gasteiger partial charge in [-0.3, -0.25) is 14.9 Å². The summed E-state index contributed by atoms with van der Waals surface area (Å²) in [6.45, 7) is 1.93. The molecule has 1 aliphatic rings. The molecule has 1 unspecified atom stereocenters. The fourth-order valence-electron chi connectivity index (χ4n) is 3.01. The minimum atomic E-state index is -0.539. The minimum absolute atomic E-state index is 0.149. The Balaban J connectivity index is 1.50. The lowest BCUT2D eigenvalue weighted by Crippen LogP contribution is -2.28. The van der Waals surface area contributed by atoms with Crippen molar-refractivity contribution >= 4 is 29.0 Å². The first-order valence-corrected chi connectivity index (χ1v) is 8.76. The second kappa shape index (κ2) is 8.14. The number of nitrogens with one attached hydrogen (secondary N) is 1. The van der Waals surface area contributed by atoms with Crippen molar-refractivity contribution in [3.05, 3.63) is 63.3 Å². The zero-order valence-electron chi connectivity index (χ0n) is 14.1. The lowest BCUT2D eigenvalue weighted by molar-refractivity contribution is -0.385. The van der Waals surface area contributed by atoms with Gasteiger partial charge in [0, 0.05) is 38.0 Å². The van der Waals surface area contributed by atoms with Crippen LogP contribution in [0.15, 0.2) is 42.6 Å². The summed E-state index contributed by atoms with van der Waals surface area (Å²) in [5.41, 5.74) is 1.06. The standard InChI is InChI=1S/C18H19ClN4O3/c19-16-9-15(23(25)26)11-21-18(16)20-10-14-8-17(24)22(12-14)7-6-13-4-2-1-3-5-13/h1-5,9,11,14H,6-8,10,12H2,(H,20,21). The van der Waals surface area contributed by atoms with Crippen LogP contribution in [0.3, 0.4) is 0 Å². The van der Waals surface area contributed by atoms with Crippen LogP contribution in [0.5, 0.6) is 0 Å². The number of aromatic nitrogens is 1. The molecule has 7 nitrogen and oxygen atoms in total. The third-order valence-electron chi connectivity index (χ3n) is 4.40. The molecule has 8 heteroatoms. The first kappa shape index (κ1) is 18.1. The van der Waals surface area contributed by atoms with Gasteiger partial charge in [0.1, 0.15) is 12.0 Å². The maximum Gasteiger partial charge on any atom is 0.289 e. The summed E-state index contributed by atoms with van der Waals surface area (Å²) < 4.78 is 0. The topological polar surface area (TPSA) is 88.4 Å². The lowest BCUT2D eigenvalue weighted by Gasteiger charge is -2.17. The smallest absolute Gasteiger partial charge is 0.289 e. The minimum Gasteiger partial charge on any atom is -0.368 e. The van der Waals surface area contributed by atoms with E-state index in [0.29, 0.717) is 31.9 Å². The third kappa shape index (κ3) is 4.49. The van der Waals surface area contributed by atoms with Gasteiger partial charge in [0.25, 0.3) is 5.69 Å². The molecule has 1 N–H and O–H groups in total. The quantitative estimate of drug-likeness (QED) is 0.594. The summed E-state index contributed by atoms with van der Waals surface area (Å²) in [5.74, 6) is 0.703. The highest BCUT2D eigenvalue weighted by Gasteiger charge is 2.29. The number of carbonyl (C=O) groups is 1. The van der Waals surface area contributed by atoms with Gasteiger partial charge in [0.05, 0.1) is 9.95 Å². The normalized spacial score (nSPS) is 16.7. The maximum absolute atomic E-state index is 12.2. The van der Waals surface area contributed by atoms with Crippen LogP contribution in [0.25, 0.3) is 0 Å². The molecule has 3 rings (SSSR count). The van der Waals surface area contributed by atoms with Crippen molar-refractivity contribution < 1.29 is 9.72 Å². The van der Waals surface area contributed by atoms with Gasteiger partial charge < -0.3 is 10.2 Å². The number of likely N-dealkylation sites (tertiary alicyclic amines) is 1. The van der Waals surface area contributed by atoms with Crippen LogP contribution in [-0.4, -0.2) is 40.3 Å². The Hall–Kier alpha value is -2.67. The van der Waals surface area contributed by atoms with Gasteiger partial charge in [-0.15, -0.1) is 0 Å². The molecule has 0 bridgehead atoms. The van der Waals surface area contributed by atoms with Gasteiger partial charge in [-0.2, -0.15) is 0 Å². The van der Waals surface area contributed by atoms with Gasteiger partial charge in [-0.25, -0.2) is 4.98 Å². The molecular weight excluding hydrogens is 356 g/mol. The summed E-state index contributed by atoms with van der Waals surface area (Å²) in [7, 11) is 0. The van der Waals surface area contributed by atoms with Crippen molar-refractivity contribution in [1.82, 2.24) is 9.88 Å². The zero-order valence-corrected chi connectivity index (χ0v) is 14.9. The first-order chi connectivity index (χ1) is 12.5. The van der Waals surface area contributed by atoms with Crippen LogP contribution in [-0.2, 0) is 11.2 Å². The molecule has 1 atom stereocenters. The molecule has 2 heterocycles. The largest absolute Gasteiger partial charge is 0.368 e. The number of hydrogen-bond donors (Lipinski definition) is 1. The first-order valence-electron chi connectivity index (χ1n) is 8.38. The fraction of sp³-hybridized carbons (Fsp3) is 0.333. The number of benzene rings is 1. The van der Waals surface area contributed by atoms with E-state index in [-0.39, 0.29) is 22.5 Å². The number of rotatable bonds is 7. The third-order valence-corrected chi connectivity index (χ3v) is 4.69. The summed E-state index contributed by atoms with van der Waals surface area (Å²) in [5, 5.41) is 14.0. The Labute approximate surface area is 156 Å². The van der Waals surface area contributed by atoms with Crippen molar-refractivity contribution in [1.29, 1.82) is 0 Å². The number of nitro groups is 1. The van der Waals surface area contributed by atoms with Crippen molar-refractivity contribution in [3.63, 3.8) is 0 Å². The highest BCUT2D eigenvalue weighted by atomic mass is 35.5. The second-order valence-electron chi connectivity index (χ2n) is 6.31. The lowest BCUT2D eigenvalue weighted by atomic mass is 10.1. The molecule has 2 aromatic rings. The van der Waals surface area contributed by atoms with Crippen LogP contribution < -0.4 is 5.32 Å². The number of pyridine rings is 1. The highest BCUT2D eigenvalue weighted by molar-refractivity contribution is 6.33. The number of anilines is 1. The van der Waals surface area contributed by atoms with E-state index in [1.54, 1.807) is 0 Å². The predicted molar refractivity (Wildman–Crippen MR) is 99.2 cm³/mol. The average Bonchev–Trinajstić information content (AvgIpc) is 2.99. The molecule has 26 heavy (non-hydrogen) atoms. The monoisotopic (exact) mass is 374 g/mol. The molecule has 1 aromatic carbocycles. The van der Waals surface area contributed by atoms with Crippen LogP contribution in [0.2, 0.25) is 5.02 Å². The van der Waals surface area contributed by atoms with Crippen molar-refractivity contribution in [2.75, 3.05) is 25.0 Å². The van der Waals surface area contributed by atoms with Crippen LogP contribution in [0.1, 0.15) is 12.0 Å². The summed E-state index contributed by atoms with van der Waals surface area (Å²) in [6, 6.07) is 11.3. The van der Waals surface area contributed by atoms with E-state index in [0.717, 1.165) is 6.42 Å². The zero-order chi connectivity index (χ0) is 18.5. The second-order valence-corrected chi connectivity index (χ2v) is 6.71.